The van der Waals surface area contributed by atoms with Crippen LogP contribution >= 0.6 is 0 Å². The third kappa shape index (κ3) is 5.31. The second-order valence-corrected chi connectivity index (χ2v) is 7.14. The Kier molecular flexibility index (Phi) is 6.00. The van der Waals surface area contributed by atoms with E-state index in [1.54, 1.807) is 12.3 Å². The number of anilines is 2. The van der Waals surface area contributed by atoms with E-state index >= 15 is 0 Å². The molecule has 1 aromatic heterocycles. The predicted molar refractivity (Wildman–Crippen MR) is 113 cm³/mol. The normalized spacial score (nSPS) is 13.8. The lowest BCUT2D eigenvalue weighted by molar-refractivity contribution is 0.102. The number of hydrogen-bond acceptors (Lipinski definition) is 5. The number of hydrogen-bond donors (Lipinski definition) is 2. The van der Waals surface area contributed by atoms with Crippen LogP contribution in [-0.4, -0.2) is 21.9 Å². The number of ether oxygens (including phenoxy) is 1. The summed E-state index contributed by atoms with van der Waals surface area (Å²) in [5, 5.41) is 6.18. The van der Waals surface area contributed by atoms with Gasteiger partial charge in [-0.3, -0.25) is 4.79 Å². The van der Waals surface area contributed by atoms with Gasteiger partial charge in [-0.05, 0) is 48.7 Å². The van der Waals surface area contributed by atoms with Crippen LogP contribution in [0.2, 0.25) is 0 Å². The Hall–Kier alpha value is -3.41. The fourth-order valence-electron chi connectivity index (χ4n) is 3.38. The molecule has 148 valence electrons. The standard InChI is InChI=1S/C23H24N4O2/c28-22(21-14-15-24-23(27-21)26-18-8-4-5-9-18)25-19-10-12-20(13-11-19)29-16-17-6-2-1-3-7-17/h1-3,6-7,10-15,18H,4-5,8-9,16H2,(H,25,28)(H,24,26,27). The van der Waals surface area contributed by atoms with Crippen LogP contribution in [0.15, 0.2) is 66.9 Å². The topological polar surface area (TPSA) is 76.1 Å². The Morgan fingerprint density at radius 2 is 1.76 bits per heavy atom. The second kappa shape index (κ2) is 9.19. The Bertz CT molecular complexity index is 939. The number of nitrogens with zero attached hydrogens (tertiary/aromatic N) is 2. The van der Waals surface area contributed by atoms with E-state index in [9.17, 15) is 4.79 Å². The van der Waals surface area contributed by atoms with Crippen LogP contribution in [0.5, 0.6) is 5.75 Å². The van der Waals surface area contributed by atoms with Crippen molar-refractivity contribution in [1.82, 2.24) is 9.97 Å². The largest absolute Gasteiger partial charge is 0.489 e. The number of aromatic nitrogens is 2. The summed E-state index contributed by atoms with van der Waals surface area (Å²) in [7, 11) is 0. The van der Waals surface area contributed by atoms with Crippen molar-refractivity contribution in [3.8, 4) is 5.75 Å². The summed E-state index contributed by atoms with van der Waals surface area (Å²) < 4.78 is 5.77. The van der Waals surface area contributed by atoms with Crippen molar-refractivity contribution in [2.75, 3.05) is 10.6 Å². The van der Waals surface area contributed by atoms with Crippen molar-refractivity contribution in [1.29, 1.82) is 0 Å². The van der Waals surface area contributed by atoms with Crippen molar-refractivity contribution in [2.45, 2.75) is 38.3 Å². The van der Waals surface area contributed by atoms with Crippen molar-refractivity contribution in [3.63, 3.8) is 0 Å². The lowest BCUT2D eigenvalue weighted by atomic mass is 10.2. The highest BCUT2D eigenvalue weighted by Gasteiger charge is 2.16. The molecule has 1 amide bonds. The van der Waals surface area contributed by atoms with Crippen LogP contribution in [0.3, 0.4) is 0 Å². The number of nitrogens with one attached hydrogen (secondary N) is 2. The van der Waals surface area contributed by atoms with E-state index < -0.39 is 0 Å². The minimum atomic E-state index is -0.264. The van der Waals surface area contributed by atoms with Gasteiger partial charge in [0.2, 0.25) is 5.95 Å². The van der Waals surface area contributed by atoms with Crippen LogP contribution in [0.1, 0.15) is 41.7 Å². The highest BCUT2D eigenvalue weighted by atomic mass is 16.5. The Morgan fingerprint density at radius 3 is 2.52 bits per heavy atom. The molecular formula is C23H24N4O2. The van der Waals surface area contributed by atoms with Gasteiger partial charge in [-0.25, -0.2) is 9.97 Å². The summed E-state index contributed by atoms with van der Waals surface area (Å²) in [6, 6.07) is 19.3. The molecule has 0 spiro atoms. The summed E-state index contributed by atoms with van der Waals surface area (Å²) in [6.45, 7) is 0.504. The average Bonchev–Trinajstić information content (AvgIpc) is 3.27. The van der Waals surface area contributed by atoms with E-state index in [2.05, 4.69) is 20.6 Å². The SMILES string of the molecule is O=C(Nc1ccc(OCc2ccccc2)cc1)c1ccnc(NC2CCCC2)n1. The highest BCUT2D eigenvalue weighted by molar-refractivity contribution is 6.02. The minimum Gasteiger partial charge on any atom is -0.489 e. The molecule has 6 heteroatoms. The first-order valence-electron chi connectivity index (χ1n) is 9.94. The quantitative estimate of drug-likeness (QED) is 0.615. The van der Waals surface area contributed by atoms with Gasteiger partial charge in [0.05, 0.1) is 0 Å². The van der Waals surface area contributed by atoms with E-state index in [0.717, 1.165) is 24.2 Å². The molecule has 1 aliphatic rings. The number of rotatable bonds is 7. The maximum atomic E-state index is 12.5. The molecule has 0 radical (unpaired) electrons. The van der Waals surface area contributed by atoms with Crippen LogP contribution in [0, 0.1) is 0 Å². The summed E-state index contributed by atoms with van der Waals surface area (Å²) in [5.41, 5.74) is 2.13. The van der Waals surface area contributed by atoms with Gasteiger partial charge >= 0.3 is 0 Å². The first-order chi connectivity index (χ1) is 14.3. The summed E-state index contributed by atoms with van der Waals surface area (Å²) in [4.78, 5) is 21.1. The third-order valence-electron chi connectivity index (χ3n) is 4.94. The fourth-order valence-corrected chi connectivity index (χ4v) is 3.38. The molecule has 6 nitrogen and oxygen atoms in total. The summed E-state index contributed by atoms with van der Waals surface area (Å²) in [6.07, 6.45) is 6.31. The van der Waals surface area contributed by atoms with Gasteiger partial charge in [0.1, 0.15) is 18.1 Å². The number of amides is 1. The van der Waals surface area contributed by atoms with E-state index in [1.807, 2.05) is 54.6 Å². The maximum absolute atomic E-state index is 12.5. The van der Waals surface area contributed by atoms with Gasteiger partial charge in [-0.2, -0.15) is 0 Å². The molecule has 1 heterocycles. The molecule has 1 saturated carbocycles. The maximum Gasteiger partial charge on any atom is 0.274 e. The molecule has 4 rings (SSSR count). The Labute approximate surface area is 170 Å². The van der Waals surface area contributed by atoms with E-state index in [-0.39, 0.29) is 5.91 Å². The molecule has 2 N–H and O–H groups in total. The molecule has 0 atom stereocenters. The zero-order chi connectivity index (χ0) is 19.9. The molecule has 1 fully saturated rings. The van der Waals surface area contributed by atoms with Gasteiger partial charge in [0, 0.05) is 17.9 Å². The van der Waals surface area contributed by atoms with E-state index in [4.69, 9.17) is 4.74 Å². The number of carbonyl (C=O) groups excluding carboxylic acids is 1. The lowest BCUT2D eigenvalue weighted by Crippen LogP contribution is -2.19. The first-order valence-corrected chi connectivity index (χ1v) is 9.94. The van der Waals surface area contributed by atoms with Gasteiger partial charge in [0.25, 0.3) is 5.91 Å². The molecule has 0 saturated heterocycles. The lowest BCUT2D eigenvalue weighted by Gasteiger charge is -2.12. The second-order valence-electron chi connectivity index (χ2n) is 7.14. The van der Waals surface area contributed by atoms with Crippen molar-refractivity contribution in [3.05, 3.63) is 78.1 Å². The molecule has 3 aromatic rings. The zero-order valence-corrected chi connectivity index (χ0v) is 16.2. The fraction of sp³-hybridized carbons (Fsp3) is 0.261. The highest BCUT2D eigenvalue weighted by Crippen LogP contribution is 2.21. The zero-order valence-electron chi connectivity index (χ0n) is 16.2. The van der Waals surface area contributed by atoms with Crippen LogP contribution in [0.25, 0.3) is 0 Å². The van der Waals surface area contributed by atoms with E-state index in [1.165, 1.54) is 12.8 Å². The number of benzene rings is 2. The van der Waals surface area contributed by atoms with Crippen LogP contribution in [0.4, 0.5) is 11.6 Å². The summed E-state index contributed by atoms with van der Waals surface area (Å²) >= 11 is 0. The van der Waals surface area contributed by atoms with Crippen LogP contribution < -0.4 is 15.4 Å². The molecule has 2 aromatic carbocycles. The predicted octanol–water partition coefficient (Wildman–Crippen LogP) is 4.66. The van der Waals surface area contributed by atoms with Crippen molar-refractivity contribution >= 4 is 17.5 Å². The minimum absolute atomic E-state index is 0.264. The molecule has 1 aliphatic carbocycles. The monoisotopic (exact) mass is 388 g/mol. The summed E-state index contributed by atoms with van der Waals surface area (Å²) in [5.74, 6) is 0.992. The average molecular weight is 388 g/mol. The van der Waals surface area contributed by atoms with Gasteiger partial charge in [-0.15, -0.1) is 0 Å². The Balaban J connectivity index is 1.33. The van der Waals surface area contributed by atoms with Gasteiger partial charge < -0.3 is 15.4 Å². The van der Waals surface area contributed by atoms with Crippen molar-refractivity contribution < 1.29 is 9.53 Å². The molecule has 0 aliphatic heterocycles. The number of carbonyl (C=O) groups is 1. The van der Waals surface area contributed by atoms with Gasteiger partial charge in [0.15, 0.2) is 0 Å². The van der Waals surface area contributed by atoms with E-state index in [0.29, 0.717) is 30.0 Å². The molecule has 0 unspecified atom stereocenters. The molecule has 29 heavy (non-hydrogen) atoms. The molecule has 0 bridgehead atoms. The molecular weight excluding hydrogens is 364 g/mol. The third-order valence-corrected chi connectivity index (χ3v) is 4.94. The van der Waals surface area contributed by atoms with Gasteiger partial charge in [-0.1, -0.05) is 43.2 Å². The van der Waals surface area contributed by atoms with Crippen molar-refractivity contribution in [2.24, 2.45) is 0 Å². The smallest absolute Gasteiger partial charge is 0.274 e. The van der Waals surface area contributed by atoms with Crippen LogP contribution in [-0.2, 0) is 6.61 Å². The Morgan fingerprint density at radius 1 is 1.00 bits per heavy atom. The first kappa shape index (κ1) is 18.9.